The molecule has 0 N–H and O–H groups in total. The van der Waals surface area contributed by atoms with Crippen molar-refractivity contribution in [3.63, 3.8) is 0 Å². The molecule has 1 heterocycles. The molecular weight excluding hydrogens is 265 g/mol. The molecule has 6 heteroatoms. The Kier molecular flexibility index (Phi) is 3.70. The molecule has 0 spiro atoms. The topological polar surface area (TPSA) is 37.4 Å². The molecule has 1 unspecified atom stereocenters. The fourth-order valence-corrected chi connectivity index (χ4v) is 3.90. The van der Waals surface area contributed by atoms with Crippen molar-refractivity contribution in [2.75, 3.05) is 13.1 Å². The monoisotopic (exact) mass is 277 g/mol. The van der Waals surface area contributed by atoms with E-state index in [0.29, 0.717) is 13.0 Å². The second-order valence-electron chi connectivity index (χ2n) is 4.03. The number of benzene rings is 1. The molecular formula is C11H13ClFNO2S. The van der Waals surface area contributed by atoms with Crippen molar-refractivity contribution in [3.05, 3.63) is 30.1 Å². The predicted molar refractivity (Wildman–Crippen MR) is 64.0 cm³/mol. The van der Waals surface area contributed by atoms with Crippen LogP contribution in [0.3, 0.4) is 0 Å². The molecule has 94 valence electrons. The highest BCUT2D eigenvalue weighted by Crippen LogP contribution is 2.24. The Morgan fingerprint density at radius 1 is 1.35 bits per heavy atom. The first kappa shape index (κ1) is 12.8. The number of halogens is 2. The Morgan fingerprint density at radius 2 is 2.06 bits per heavy atom. The van der Waals surface area contributed by atoms with E-state index >= 15 is 0 Å². The molecule has 0 radical (unpaired) electrons. The average Bonchev–Trinajstić information content (AvgIpc) is 2.29. The van der Waals surface area contributed by atoms with Crippen molar-refractivity contribution in [3.8, 4) is 0 Å². The minimum atomic E-state index is -3.75. The molecule has 1 aliphatic heterocycles. The van der Waals surface area contributed by atoms with Gasteiger partial charge in [0.05, 0.1) is 0 Å². The third-order valence-corrected chi connectivity index (χ3v) is 5.04. The number of piperidine rings is 1. The van der Waals surface area contributed by atoms with Crippen molar-refractivity contribution in [2.45, 2.75) is 23.1 Å². The molecule has 0 amide bonds. The molecule has 1 aromatic rings. The third-order valence-electron chi connectivity index (χ3n) is 2.78. The molecule has 17 heavy (non-hydrogen) atoms. The minimum absolute atomic E-state index is 0.190. The van der Waals surface area contributed by atoms with Crippen LogP contribution in [0, 0.1) is 5.82 Å². The lowest BCUT2D eigenvalue weighted by molar-refractivity contribution is 0.349. The van der Waals surface area contributed by atoms with Gasteiger partial charge in [-0.1, -0.05) is 12.1 Å². The summed E-state index contributed by atoms with van der Waals surface area (Å²) in [6.45, 7) is 0.651. The molecule has 0 bridgehead atoms. The molecule has 3 nitrogen and oxygen atoms in total. The van der Waals surface area contributed by atoms with Gasteiger partial charge in [0.2, 0.25) is 10.0 Å². The Balaban J connectivity index is 2.33. The summed E-state index contributed by atoms with van der Waals surface area (Å²) in [5.41, 5.74) is 0. The van der Waals surface area contributed by atoms with E-state index in [1.165, 1.54) is 22.5 Å². The summed E-state index contributed by atoms with van der Waals surface area (Å²) in [6.07, 6.45) is 1.51. The van der Waals surface area contributed by atoms with Gasteiger partial charge in [0.1, 0.15) is 10.7 Å². The number of hydrogen-bond donors (Lipinski definition) is 0. The van der Waals surface area contributed by atoms with Crippen molar-refractivity contribution in [1.82, 2.24) is 4.31 Å². The fraction of sp³-hybridized carbons (Fsp3) is 0.455. The zero-order chi connectivity index (χ0) is 12.5. The highest BCUT2D eigenvalue weighted by molar-refractivity contribution is 7.89. The average molecular weight is 278 g/mol. The van der Waals surface area contributed by atoms with Crippen molar-refractivity contribution in [2.24, 2.45) is 0 Å². The standard InChI is InChI=1S/C11H13ClFNO2S/c12-9-4-3-7-14(8-9)17(15,16)11-6-2-1-5-10(11)13/h1-2,5-6,9H,3-4,7-8H2. The fourth-order valence-electron chi connectivity index (χ4n) is 1.90. The number of rotatable bonds is 2. The van der Waals surface area contributed by atoms with Crippen LogP contribution in [0.4, 0.5) is 4.39 Å². The van der Waals surface area contributed by atoms with Gasteiger partial charge in [0, 0.05) is 18.5 Å². The Bertz CT molecular complexity index is 506. The Hall–Kier alpha value is -0.650. The largest absolute Gasteiger partial charge is 0.246 e. The highest BCUT2D eigenvalue weighted by Gasteiger charge is 2.31. The molecule has 2 rings (SSSR count). The van der Waals surface area contributed by atoms with Crippen molar-refractivity contribution >= 4 is 21.6 Å². The first-order valence-electron chi connectivity index (χ1n) is 5.40. The Labute approximate surface area is 105 Å². The van der Waals surface area contributed by atoms with E-state index in [1.807, 2.05) is 0 Å². The van der Waals surface area contributed by atoms with E-state index in [0.717, 1.165) is 12.5 Å². The van der Waals surface area contributed by atoms with E-state index in [2.05, 4.69) is 0 Å². The van der Waals surface area contributed by atoms with Gasteiger partial charge in [-0.25, -0.2) is 12.8 Å². The molecule has 1 saturated heterocycles. The first-order chi connectivity index (χ1) is 8.01. The highest BCUT2D eigenvalue weighted by atomic mass is 35.5. The first-order valence-corrected chi connectivity index (χ1v) is 7.28. The van der Waals surface area contributed by atoms with E-state index < -0.39 is 15.8 Å². The second kappa shape index (κ2) is 4.92. The van der Waals surface area contributed by atoms with E-state index in [1.54, 1.807) is 0 Å². The summed E-state index contributed by atoms with van der Waals surface area (Å²) in [6, 6.07) is 5.41. The van der Waals surface area contributed by atoms with Gasteiger partial charge in [-0.15, -0.1) is 11.6 Å². The lowest BCUT2D eigenvalue weighted by Crippen LogP contribution is -2.40. The summed E-state index contributed by atoms with van der Waals surface area (Å²) in [5, 5.41) is -0.190. The van der Waals surface area contributed by atoms with Gasteiger partial charge in [-0.3, -0.25) is 0 Å². The summed E-state index contributed by atoms with van der Waals surface area (Å²) in [7, 11) is -3.75. The molecule has 0 aromatic heterocycles. The van der Waals surface area contributed by atoms with Gasteiger partial charge < -0.3 is 0 Å². The van der Waals surface area contributed by atoms with Crippen molar-refractivity contribution < 1.29 is 12.8 Å². The van der Waals surface area contributed by atoms with Crippen LogP contribution in [0.25, 0.3) is 0 Å². The quantitative estimate of drug-likeness (QED) is 0.778. The van der Waals surface area contributed by atoms with Gasteiger partial charge in [-0.05, 0) is 25.0 Å². The zero-order valence-electron chi connectivity index (χ0n) is 9.14. The number of hydrogen-bond acceptors (Lipinski definition) is 2. The van der Waals surface area contributed by atoms with Crippen LogP contribution in [0.2, 0.25) is 0 Å². The SMILES string of the molecule is O=S(=O)(c1ccccc1F)N1CCCC(Cl)C1. The van der Waals surface area contributed by atoms with Gasteiger partial charge in [-0.2, -0.15) is 4.31 Å². The lowest BCUT2D eigenvalue weighted by atomic mass is 10.2. The zero-order valence-corrected chi connectivity index (χ0v) is 10.7. The number of sulfonamides is 1. The predicted octanol–water partition coefficient (Wildman–Crippen LogP) is 2.22. The molecule has 1 atom stereocenters. The van der Waals surface area contributed by atoms with E-state index in [9.17, 15) is 12.8 Å². The molecule has 0 saturated carbocycles. The molecule has 1 aromatic carbocycles. The van der Waals surface area contributed by atoms with E-state index in [4.69, 9.17) is 11.6 Å². The lowest BCUT2D eigenvalue weighted by Gasteiger charge is -2.28. The maximum Gasteiger partial charge on any atom is 0.246 e. The molecule has 1 fully saturated rings. The van der Waals surface area contributed by atoms with Crippen LogP contribution in [0.15, 0.2) is 29.2 Å². The summed E-state index contributed by atoms with van der Waals surface area (Å²) < 4.78 is 39.1. The maximum atomic E-state index is 13.5. The number of nitrogens with zero attached hydrogens (tertiary/aromatic N) is 1. The summed E-state index contributed by atoms with van der Waals surface area (Å²) in [4.78, 5) is -0.272. The van der Waals surface area contributed by atoms with Crippen LogP contribution in [0.1, 0.15) is 12.8 Å². The van der Waals surface area contributed by atoms with Gasteiger partial charge >= 0.3 is 0 Å². The molecule has 1 aliphatic rings. The Morgan fingerprint density at radius 3 is 2.71 bits per heavy atom. The van der Waals surface area contributed by atoms with Gasteiger partial charge in [0.25, 0.3) is 0 Å². The van der Waals surface area contributed by atoms with Crippen LogP contribution in [-0.4, -0.2) is 31.2 Å². The smallest absolute Gasteiger partial charge is 0.207 e. The van der Waals surface area contributed by atoms with Crippen LogP contribution in [-0.2, 0) is 10.0 Å². The maximum absolute atomic E-state index is 13.5. The van der Waals surface area contributed by atoms with Gasteiger partial charge in [0.15, 0.2) is 0 Å². The third kappa shape index (κ3) is 2.61. The van der Waals surface area contributed by atoms with E-state index in [-0.39, 0.29) is 16.8 Å². The van der Waals surface area contributed by atoms with Crippen LogP contribution < -0.4 is 0 Å². The number of alkyl halides is 1. The summed E-state index contributed by atoms with van der Waals surface area (Å²) >= 11 is 5.94. The minimum Gasteiger partial charge on any atom is -0.207 e. The van der Waals surface area contributed by atoms with Crippen LogP contribution >= 0.6 is 11.6 Å². The normalized spacial score (nSPS) is 22.6. The molecule has 0 aliphatic carbocycles. The summed E-state index contributed by atoms with van der Waals surface area (Å²) in [5.74, 6) is -0.718. The van der Waals surface area contributed by atoms with Crippen molar-refractivity contribution in [1.29, 1.82) is 0 Å². The second-order valence-corrected chi connectivity index (χ2v) is 6.56. The van der Waals surface area contributed by atoms with Crippen LogP contribution in [0.5, 0.6) is 0 Å².